The third-order valence-corrected chi connectivity index (χ3v) is 3.11. The molecule has 1 amide bonds. The summed E-state index contributed by atoms with van der Waals surface area (Å²) in [5.41, 5.74) is -0.477. The number of ether oxygens (including phenoxy) is 1. The molecule has 5 heteroatoms. The first kappa shape index (κ1) is 12.7. The summed E-state index contributed by atoms with van der Waals surface area (Å²) in [6.07, 6.45) is 0.549. The fourth-order valence-corrected chi connectivity index (χ4v) is 2.31. The molecule has 0 N–H and O–H groups in total. The Morgan fingerprint density at radius 2 is 2.13 bits per heavy atom. The van der Waals surface area contributed by atoms with Crippen LogP contribution in [0.3, 0.4) is 0 Å². The number of halogens is 1. The minimum absolute atomic E-state index is 0.0706. The first-order chi connectivity index (χ1) is 6.79. The maximum Gasteiger partial charge on any atom is 0.411 e. The lowest BCUT2D eigenvalue weighted by molar-refractivity contribution is -0.121. The Labute approximate surface area is 103 Å². The minimum atomic E-state index is -0.477. The van der Waals surface area contributed by atoms with E-state index in [-0.39, 0.29) is 15.9 Å². The summed E-state index contributed by atoms with van der Waals surface area (Å²) >= 11 is 2.11. The van der Waals surface area contributed by atoms with E-state index in [0.29, 0.717) is 19.4 Å². The molecule has 0 aromatic heterocycles. The number of likely N-dealkylation sites (tertiary alicyclic amines) is 1. The summed E-state index contributed by atoms with van der Waals surface area (Å²) in [5.74, 6) is 0.217. The quantitative estimate of drug-likeness (QED) is 0.390. The molecular weight excluding hydrogens is 309 g/mol. The number of piperidine rings is 1. The summed E-state index contributed by atoms with van der Waals surface area (Å²) in [7, 11) is 0. The lowest BCUT2D eigenvalue weighted by Gasteiger charge is -2.33. The van der Waals surface area contributed by atoms with Crippen LogP contribution < -0.4 is 0 Å². The number of amides is 1. The van der Waals surface area contributed by atoms with Crippen LogP contribution in [-0.2, 0) is 9.53 Å². The Bertz CT molecular complexity index is 272. The summed E-state index contributed by atoms with van der Waals surface area (Å²) in [6.45, 7) is 5.98. The fourth-order valence-electron chi connectivity index (χ4n) is 1.31. The van der Waals surface area contributed by atoms with Gasteiger partial charge in [-0.1, -0.05) is 22.6 Å². The number of rotatable bonds is 0. The van der Waals surface area contributed by atoms with E-state index in [1.807, 2.05) is 20.8 Å². The van der Waals surface area contributed by atoms with Crippen LogP contribution in [0.4, 0.5) is 4.79 Å². The van der Waals surface area contributed by atoms with Crippen LogP contribution in [0, 0.1) is 0 Å². The average molecular weight is 325 g/mol. The Balaban J connectivity index is 2.56. The van der Waals surface area contributed by atoms with Gasteiger partial charge in [-0.25, -0.2) is 4.79 Å². The molecule has 0 aromatic carbocycles. The van der Waals surface area contributed by atoms with Crippen molar-refractivity contribution >= 4 is 34.5 Å². The summed E-state index contributed by atoms with van der Waals surface area (Å²) in [6, 6.07) is 0. The van der Waals surface area contributed by atoms with E-state index in [2.05, 4.69) is 22.6 Å². The van der Waals surface area contributed by atoms with Crippen LogP contribution in [0.2, 0.25) is 0 Å². The highest BCUT2D eigenvalue weighted by molar-refractivity contribution is 14.1. The third-order valence-electron chi connectivity index (χ3n) is 1.99. The highest BCUT2D eigenvalue weighted by atomic mass is 127. The molecule has 0 bridgehead atoms. The molecule has 0 saturated carbocycles. The second-order valence-corrected chi connectivity index (χ2v) is 6.04. The maximum absolute atomic E-state index is 11.7. The second-order valence-electron chi connectivity index (χ2n) is 4.60. The fraction of sp³-hybridized carbons (Fsp3) is 0.800. The zero-order valence-electron chi connectivity index (χ0n) is 9.25. The number of alkyl halides is 1. The lowest BCUT2D eigenvalue weighted by Crippen LogP contribution is -2.45. The Morgan fingerprint density at radius 3 is 2.60 bits per heavy atom. The molecular formula is C10H16INO3. The first-order valence-electron chi connectivity index (χ1n) is 4.95. The molecule has 0 aromatic rings. The molecule has 1 fully saturated rings. The number of carbonyl (C=O) groups excluding carboxylic acids is 2. The monoisotopic (exact) mass is 325 g/mol. The van der Waals surface area contributed by atoms with E-state index >= 15 is 0 Å². The van der Waals surface area contributed by atoms with Crippen LogP contribution >= 0.6 is 22.6 Å². The van der Waals surface area contributed by atoms with Crippen molar-refractivity contribution in [3.8, 4) is 0 Å². The number of hydrogen-bond donors (Lipinski definition) is 0. The van der Waals surface area contributed by atoms with E-state index in [1.54, 1.807) is 4.90 Å². The number of Topliss-reactive ketones (excluding diaryl/α,β-unsaturated/α-hetero) is 1. The molecule has 1 aliphatic heterocycles. The second kappa shape index (κ2) is 4.67. The van der Waals surface area contributed by atoms with Gasteiger partial charge in [-0.05, 0) is 20.8 Å². The van der Waals surface area contributed by atoms with Crippen molar-refractivity contribution in [1.29, 1.82) is 0 Å². The largest absolute Gasteiger partial charge is 0.444 e. The van der Waals surface area contributed by atoms with E-state index in [1.165, 1.54) is 0 Å². The van der Waals surface area contributed by atoms with Crippen LogP contribution in [0.25, 0.3) is 0 Å². The Morgan fingerprint density at radius 1 is 1.53 bits per heavy atom. The lowest BCUT2D eigenvalue weighted by atomic mass is 10.1. The molecule has 1 aliphatic rings. The van der Waals surface area contributed by atoms with Crippen molar-refractivity contribution in [3.63, 3.8) is 0 Å². The van der Waals surface area contributed by atoms with Gasteiger partial charge in [0.1, 0.15) is 11.4 Å². The standard InChI is InChI=1S/C10H16INO3/c1-10(2,3)15-9(14)12-5-4-7(13)6-8(12)11/h8H,4-6H2,1-3H3/t8-/m0/s1. The van der Waals surface area contributed by atoms with Gasteiger partial charge in [-0.3, -0.25) is 9.69 Å². The van der Waals surface area contributed by atoms with E-state index in [9.17, 15) is 9.59 Å². The van der Waals surface area contributed by atoms with Crippen LogP contribution in [-0.4, -0.2) is 33.0 Å². The van der Waals surface area contributed by atoms with E-state index < -0.39 is 5.60 Å². The Kier molecular flexibility index (Phi) is 3.97. The van der Waals surface area contributed by atoms with Gasteiger partial charge >= 0.3 is 6.09 Å². The number of nitrogens with zero attached hydrogens (tertiary/aromatic N) is 1. The highest BCUT2D eigenvalue weighted by Gasteiger charge is 2.31. The van der Waals surface area contributed by atoms with Gasteiger partial charge in [-0.2, -0.15) is 0 Å². The first-order valence-corrected chi connectivity index (χ1v) is 6.19. The molecule has 1 heterocycles. The highest BCUT2D eigenvalue weighted by Crippen LogP contribution is 2.22. The number of hydrogen-bond acceptors (Lipinski definition) is 3. The molecule has 0 spiro atoms. The topological polar surface area (TPSA) is 46.6 Å². The van der Waals surface area contributed by atoms with Gasteiger partial charge in [0.05, 0.1) is 4.05 Å². The van der Waals surface area contributed by atoms with E-state index in [4.69, 9.17) is 4.74 Å². The van der Waals surface area contributed by atoms with Gasteiger partial charge < -0.3 is 4.74 Å². The normalized spacial score (nSPS) is 22.8. The third kappa shape index (κ3) is 3.96. The number of carbonyl (C=O) groups is 2. The van der Waals surface area contributed by atoms with Crippen LogP contribution in [0.15, 0.2) is 0 Å². The predicted molar refractivity (Wildman–Crippen MR) is 65.0 cm³/mol. The predicted octanol–water partition coefficient (Wildman–Crippen LogP) is 2.35. The molecule has 86 valence electrons. The molecule has 15 heavy (non-hydrogen) atoms. The van der Waals surface area contributed by atoms with Crippen LogP contribution in [0.1, 0.15) is 33.6 Å². The molecule has 4 nitrogen and oxygen atoms in total. The summed E-state index contributed by atoms with van der Waals surface area (Å²) in [4.78, 5) is 24.5. The molecule has 1 atom stereocenters. The molecule has 0 unspecified atom stereocenters. The average Bonchev–Trinajstić information content (AvgIpc) is 1.99. The van der Waals surface area contributed by atoms with Crippen molar-refractivity contribution in [2.24, 2.45) is 0 Å². The molecule has 1 rings (SSSR count). The zero-order valence-corrected chi connectivity index (χ0v) is 11.4. The molecule has 0 aliphatic carbocycles. The van der Waals surface area contributed by atoms with Crippen molar-refractivity contribution in [3.05, 3.63) is 0 Å². The Hall–Kier alpha value is -0.330. The van der Waals surface area contributed by atoms with Crippen molar-refractivity contribution in [2.45, 2.75) is 43.3 Å². The summed E-state index contributed by atoms with van der Waals surface area (Å²) < 4.78 is 5.18. The minimum Gasteiger partial charge on any atom is -0.444 e. The smallest absolute Gasteiger partial charge is 0.411 e. The summed E-state index contributed by atoms with van der Waals surface area (Å²) in [5, 5.41) is 0. The van der Waals surface area contributed by atoms with Gasteiger partial charge in [0.15, 0.2) is 0 Å². The van der Waals surface area contributed by atoms with Gasteiger partial charge in [0.25, 0.3) is 0 Å². The maximum atomic E-state index is 11.7. The number of ketones is 1. The van der Waals surface area contributed by atoms with Gasteiger partial charge in [0, 0.05) is 19.4 Å². The van der Waals surface area contributed by atoms with Gasteiger partial charge in [0.2, 0.25) is 0 Å². The van der Waals surface area contributed by atoms with Crippen molar-refractivity contribution in [2.75, 3.05) is 6.54 Å². The van der Waals surface area contributed by atoms with Crippen molar-refractivity contribution < 1.29 is 14.3 Å². The van der Waals surface area contributed by atoms with Gasteiger partial charge in [-0.15, -0.1) is 0 Å². The zero-order chi connectivity index (χ0) is 11.6. The van der Waals surface area contributed by atoms with E-state index in [0.717, 1.165) is 0 Å². The molecule has 0 radical (unpaired) electrons. The SMILES string of the molecule is CC(C)(C)OC(=O)N1CCC(=O)C[C@H]1I. The van der Waals surface area contributed by atoms with Crippen LogP contribution in [0.5, 0.6) is 0 Å². The molecule has 1 saturated heterocycles. The van der Waals surface area contributed by atoms with Crippen molar-refractivity contribution in [1.82, 2.24) is 4.90 Å².